The molecule has 0 fully saturated rings. The van der Waals surface area contributed by atoms with Gasteiger partial charge in [0.15, 0.2) is 0 Å². The molecular weight excluding hydrogens is 377 g/mol. The molecule has 10 heteroatoms. The van der Waals surface area contributed by atoms with E-state index in [2.05, 4.69) is 14.7 Å². The Bertz CT molecular complexity index is 1040. The number of alkyl halides is 3. The highest BCUT2D eigenvalue weighted by atomic mass is 19.4. The lowest BCUT2D eigenvalue weighted by molar-refractivity contribution is -0.139. The number of hydrogen-bond donors (Lipinski definition) is 0. The third-order valence-corrected chi connectivity index (χ3v) is 4.13. The zero-order valence-corrected chi connectivity index (χ0v) is 15.8. The minimum absolute atomic E-state index is 0.0736. The summed E-state index contributed by atoms with van der Waals surface area (Å²) in [6, 6.07) is 5.13. The number of nitrogens with zero attached hydrogens (tertiary/aromatic N) is 4. The third-order valence-electron chi connectivity index (χ3n) is 4.13. The highest BCUT2D eigenvalue weighted by Crippen LogP contribution is 2.35. The summed E-state index contributed by atoms with van der Waals surface area (Å²) < 4.78 is 50.6. The van der Waals surface area contributed by atoms with Crippen LogP contribution in [0.5, 0.6) is 5.88 Å². The van der Waals surface area contributed by atoms with Crippen LogP contribution in [0.3, 0.4) is 0 Å². The topological polar surface area (TPSA) is 69.5 Å². The lowest BCUT2D eigenvalue weighted by atomic mass is 10.1. The Morgan fingerprint density at radius 3 is 2.50 bits per heavy atom. The van der Waals surface area contributed by atoms with Crippen LogP contribution in [0.25, 0.3) is 21.9 Å². The van der Waals surface area contributed by atoms with Crippen molar-refractivity contribution in [3.63, 3.8) is 0 Å². The summed E-state index contributed by atoms with van der Waals surface area (Å²) in [5, 5.41) is 0.476. The van der Waals surface area contributed by atoms with Gasteiger partial charge >= 0.3 is 12.1 Å². The molecule has 0 aliphatic carbocycles. The van der Waals surface area contributed by atoms with Crippen molar-refractivity contribution in [3.05, 3.63) is 29.6 Å². The van der Waals surface area contributed by atoms with E-state index in [0.29, 0.717) is 17.4 Å². The monoisotopic (exact) mass is 396 g/mol. The first-order valence-electron chi connectivity index (χ1n) is 8.31. The van der Waals surface area contributed by atoms with Crippen molar-refractivity contribution in [2.75, 3.05) is 28.3 Å². The van der Waals surface area contributed by atoms with Gasteiger partial charge in [0.05, 0.1) is 19.7 Å². The van der Waals surface area contributed by atoms with E-state index in [1.54, 1.807) is 18.2 Å². The third kappa shape index (κ3) is 3.72. The van der Waals surface area contributed by atoms with Gasteiger partial charge < -0.3 is 18.9 Å². The second-order valence-electron chi connectivity index (χ2n) is 6.54. The molecule has 0 unspecified atom stereocenters. The predicted octanol–water partition coefficient (Wildman–Crippen LogP) is 3.00. The predicted molar refractivity (Wildman–Crippen MR) is 96.4 cm³/mol. The summed E-state index contributed by atoms with van der Waals surface area (Å²) in [7, 11) is 6.22. The number of rotatable bonds is 5. The minimum atomic E-state index is -4.47. The fourth-order valence-electron chi connectivity index (χ4n) is 3.13. The molecule has 0 radical (unpaired) electrons. The lowest BCUT2D eigenvalue weighted by Crippen LogP contribution is -2.18. The van der Waals surface area contributed by atoms with Crippen LogP contribution in [0.2, 0.25) is 0 Å². The van der Waals surface area contributed by atoms with Gasteiger partial charge in [-0.2, -0.15) is 18.2 Å². The maximum absolute atomic E-state index is 13.2. The molecule has 0 aliphatic rings. The van der Waals surface area contributed by atoms with Gasteiger partial charge in [-0.3, -0.25) is 0 Å². The van der Waals surface area contributed by atoms with Crippen LogP contribution in [0.4, 0.5) is 13.2 Å². The standard InChI is InChI=1S/C18H19F3N4O3/c1-24(2)8-10-5-6-12-11(7-10)13-14(25(12)9-18(19,20)21)16(27-3)23-15(22-13)17(26)28-4/h5-7H,8-9H2,1-4H3. The van der Waals surface area contributed by atoms with E-state index in [1.807, 2.05) is 19.0 Å². The number of methoxy groups -OCH3 is 2. The smallest absolute Gasteiger partial charge is 0.406 e. The molecule has 0 saturated heterocycles. The molecule has 0 bridgehead atoms. The van der Waals surface area contributed by atoms with Crippen molar-refractivity contribution in [1.82, 2.24) is 19.4 Å². The average molecular weight is 396 g/mol. The van der Waals surface area contributed by atoms with Crippen molar-refractivity contribution < 1.29 is 27.4 Å². The maximum atomic E-state index is 13.2. The number of benzene rings is 1. The molecule has 0 atom stereocenters. The van der Waals surface area contributed by atoms with Crippen molar-refractivity contribution in [2.45, 2.75) is 19.3 Å². The van der Waals surface area contributed by atoms with Crippen molar-refractivity contribution in [3.8, 4) is 5.88 Å². The molecule has 0 aliphatic heterocycles. The van der Waals surface area contributed by atoms with E-state index < -0.39 is 18.7 Å². The van der Waals surface area contributed by atoms with E-state index in [4.69, 9.17) is 4.74 Å². The van der Waals surface area contributed by atoms with Crippen LogP contribution in [-0.2, 0) is 17.8 Å². The van der Waals surface area contributed by atoms with Gasteiger partial charge in [-0.15, -0.1) is 0 Å². The number of carbonyl (C=O) groups excluding carboxylic acids is 1. The van der Waals surface area contributed by atoms with Crippen LogP contribution in [0.15, 0.2) is 18.2 Å². The number of aromatic nitrogens is 3. The van der Waals surface area contributed by atoms with Gasteiger partial charge in [0.1, 0.15) is 17.6 Å². The summed E-state index contributed by atoms with van der Waals surface area (Å²) in [6.45, 7) is -0.648. The Balaban J connectivity index is 2.39. The number of fused-ring (bicyclic) bond motifs is 3. The molecule has 3 rings (SSSR count). The number of ether oxygens (including phenoxy) is 2. The zero-order valence-electron chi connectivity index (χ0n) is 15.8. The molecule has 2 aromatic heterocycles. The Kier molecular flexibility index (Phi) is 5.16. The zero-order chi connectivity index (χ0) is 20.6. The Labute approximate surface area is 158 Å². The summed E-state index contributed by atoms with van der Waals surface area (Å²) >= 11 is 0. The van der Waals surface area contributed by atoms with E-state index in [-0.39, 0.29) is 22.7 Å². The van der Waals surface area contributed by atoms with E-state index in [9.17, 15) is 18.0 Å². The summed E-state index contributed by atoms with van der Waals surface area (Å²) in [5.41, 5.74) is 1.49. The van der Waals surface area contributed by atoms with E-state index in [0.717, 1.165) is 10.1 Å². The van der Waals surface area contributed by atoms with E-state index >= 15 is 0 Å². The molecule has 3 aromatic rings. The molecule has 0 spiro atoms. The minimum Gasteiger partial charge on any atom is -0.479 e. The van der Waals surface area contributed by atoms with Crippen LogP contribution < -0.4 is 4.74 Å². The normalized spacial score (nSPS) is 12.1. The van der Waals surface area contributed by atoms with Crippen LogP contribution >= 0.6 is 0 Å². The van der Waals surface area contributed by atoms with Crippen molar-refractivity contribution >= 4 is 27.9 Å². The summed E-state index contributed by atoms with van der Waals surface area (Å²) in [5.74, 6) is -1.21. The SMILES string of the molecule is COC(=O)c1nc(OC)c2c(n1)c1cc(CN(C)C)ccc1n2CC(F)(F)F. The summed E-state index contributed by atoms with van der Waals surface area (Å²) in [4.78, 5) is 22.0. The number of hydrogen-bond acceptors (Lipinski definition) is 6. The van der Waals surface area contributed by atoms with Crippen LogP contribution in [-0.4, -0.2) is 59.9 Å². The second-order valence-corrected chi connectivity index (χ2v) is 6.54. The second kappa shape index (κ2) is 7.27. The van der Waals surface area contributed by atoms with Gasteiger partial charge in [-0.05, 0) is 31.8 Å². The highest BCUT2D eigenvalue weighted by molar-refractivity contribution is 6.08. The fourth-order valence-corrected chi connectivity index (χ4v) is 3.13. The van der Waals surface area contributed by atoms with Gasteiger partial charge in [0, 0.05) is 11.9 Å². The van der Waals surface area contributed by atoms with Gasteiger partial charge in [0.25, 0.3) is 0 Å². The Morgan fingerprint density at radius 1 is 1.21 bits per heavy atom. The lowest BCUT2D eigenvalue weighted by Gasteiger charge is -2.12. The number of halogens is 3. The molecule has 0 N–H and O–H groups in total. The van der Waals surface area contributed by atoms with Gasteiger partial charge in [-0.1, -0.05) is 6.07 Å². The number of carbonyl (C=O) groups is 1. The van der Waals surface area contributed by atoms with Crippen LogP contribution in [0.1, 0.15) is 16.2 Å². The first kappa shape index (κ1) is 19.9. The van der Waals surface area contributed by atoms with Gasteiger partial charge in [-0.25, -0.2) is 9.78 Å². The van der Waals surface area contributed by atoms with Crippen molar-refractivity contribution in [1.29, 1.82) is 0 Å². The number of esters is 1. The fraction of sp³-hybridized carbons (Fsp3) is 0.389. The Hall–Kier alpha value is -2.88. The molecule has 1 aromatic carbocycles. The molecule has 28 heavy (non-hydrogen) atoms. The Morgan fingerprint density at radius 2 is 1.93 bits per heavy atom. The van der Waals surface area contributed by atoms with Gasteiger partial charge in [0.2, 0.25) is 11.7 Å². The quantitative estimate of drug-likeness (QED) is 0.618. The molecule has 150 valence electrons. The molecule has 0 amide bonds. The van der Waals surface area contributed by atoms with E-state index in [1.165, 1.54) is 14.2 Å². The molecule has 0 saturated carbocycles. The molecule has 7 nitrogen and oxygen atoms in total. The molecular formula is C18H19F3N4O3. The highest BCUT2D eigenvalue weighted by Gasteiger charge is 2.32. The van der Waals surface area contributed by atoms with Crippen molar-refractivity contribution in [2.24, 2.45) is 0 Å². The summed E-state index contributed by atoms with van der Waals surface area (Å²) in [6.07, 6.45) is -4.47. The first-order valence-corrected chi connectivity index (χ1v) is 8.31. The largest absolute Gasteiger partial charge is 0.479 e. The maximum Gasteiger partial charge on any atom is 0.406 e. The first-order chi connectivity index (χ1) is 13.1. The average Bonchev–Trinajstić information content (AvgIpc) is 2.91. The van der Waals surface area contributed by atoms with Crippen LogP contribution in [0, 0.1) is 0 Å². The molecule has 2 heterocycles.